The Morgan fingerprint density at radius 1 is 1.12 bits per heavy atom. The lowest BCUT2D eigenvalue weighted by Crippen LogP contribution is -2.55. The minimum atomic E-state index is 0.00169. The predicted octanol–water partition coefficient (Wildman–Crippen LogP) is 1.42. The number of nitrogens with zero attached hydrogens (tertiary/aromatic N) is 4. The van der Waals surface area contributed by atoms with Gasteiger partial charge < -0.3 is 15.5 Å². The van der Waals surface area contributed by atoms with Gasteiger partial charge in [0.1, 0.15) is 11.5 Å². The summed E-state index contributed by atoms with van der Waals surface area (Å²) in [5, 5.41) is 6.60. The molecule has 26 heavy (non-hydrogen) atoms. The standard InChI is InChI=1S/C19H26N6O/c20-18-13-17(21-22-18)19(26)25-8-4-7-16(14-25)24-11-9-23(10-12-24)15-5-2-1-3-6-15/h1-3,5-6,13,16H,4,7-12,14H2,(H3,20,21,22)/t16-/m1/s1. The molecule has 7 heteroatoms. The highest BCUT2D eigenvalue weighted by Crippen LogP contribution is 2.21. The van der Waals surface area contributed by atoms with Gasteiger partial charge in [0.05, 0.1) is 0 Å². The van der Waals surface area contributed by atoms with Gasteiger partial charge in [0.15, 0.2) is 0 Å². The number of benzene rings is 1. The number of carbonyl (C=O) groups excluding carboxylic acids is 1. The second kappa shape index (κ2) is 7.37. The van der Waals surface area contributed by atoms with E-state index in [9.17, 15) is 4.79 Å². The molecule has 0 bridgehead atoms. The predicted molar refractivity (Wildman–Crippen MR) is 102 cm³/mol. The fourth-order valence-electron chi connectivity index (χ4n) is 4.04. The van der Waals surface area contributed by atoms with Crippen molar-refractivity contribution in [1.29, 1.82) is 0 Å². The Hall–Kier alpha value is -2.54. The van der Waals surface area contributed by atoms with Crippen molar-refractivity contribution < 1.29 is 4.79 Å². The van der Waals surface area contributed by atoms with Crippen LogP contribution >= 0.6 is 0 Å². The number of piperazine rings is 1. The van der Waals surface area contributed by atoms with E-state index < -0.39 is 0 Å². The van der Waals surface area contributed by atoms with Crippen LogP contribution in [-0.4, -0.2) is 71.2 Å². The summed E-state index contributed by atoms with van der Waals surface area (Å²) in [5.74, 6) is 0.362. The van der Waals surface area contributed by atoms with Crippen LogP contribution in [0, 0.1) is 0 Å². The van der Waals surface area contributed by atoms with Crippen LogP contribution < -0.4 is 10.6 Å². The van der Waals surface area contributed by atoms with E-state index in [1.807, 2.05) is 4.90 Å². The summed E-state index contributed by atoms with van der Waals surface area (Å²) in [4.78, 5) is 19.6. The monoisotopic (exact) mass is 354 g/mol. The quantitative estimate of drug-likeness (QED) is 0.871. The largest absolute Gasteiger partial charge is 0.382 e. The molecule has 2 aliphatic rings. The first-order valence-electron chi connectivity index (χ1n) is 9.35. The van der Waals surface area contributed by atoms with Gasteiger partial charge in [-0.05, 0) is 25.0 Å². The third-order valence-corrected chi connectivity index (χ3v) is 5.46. The van der Waals surface area contributed by atoms with Gasteiger partial charge in [-0.25, -0.2) is 0 Å². The summed E-state index contributed by atoms with van der Waals surface area (Å²) >= 11 is 0. The first-order valence-corrected chi connectivity index (χ1v) is 9.35. The minimum absolute atomic E-state index is 0.00169. The van der Waals surface area contributed by atoms with E-state index in [0.29, 0.717) is 17.6 Å². The van der Waals surface area contributed by atoms with E-state index in [-0.39, 0.29) is 5.91 Å². The van der Waals surface area contributed by atoms with Crippen LogP contribution in [0.25, 0.3) is 0 Å². The molecule has 2 fully saturated rings. The number of likely N-dealkylation sites (tertiary alicyclic amines) is 1. The van der Waals surface area contributed by atoms with Crippen LogP contribution in [0.15, 0.2) is 36.4 Å². The van der Waals surface area contributed by atoms with Gasteiger partial charge in [0.25, 0.3) is 5.91 Å². The van der Waals surface area contributed by atoms with Crippen LogP contribution in [0.4, 0.5) is 11.5 Å². The van der Waals surface area contributed by atoms with E-state index in [4.69, 9.17) is 5.73 Å². The van der Waals surface area contributed by atoms with Crippen LogP contribution in [0.2, 0.25) is 0 Å². The Morgan fingerprint density at radius 2 is 1.88 bits per heavy atom. The number of nitrogens with one attached hydrogen (secondary N) is 1. The molecule has 1 aromatic heterocycles. The van der Waals surface area contributed by atoms with Crippen molar-refractivity contribution in [2.75, 3.05) is 49.9 Å². The van der Waals surface area contributed by atoms with E-state index in [2.05, 4.69) is 50.3 Å². The molecule has 0 saturated carbocycles. The Labute approximate surface area is 153 Å². The Morgan fingerprint density at radius 3 is 2.58 bits per heavy atom. The van der Waals surface area contributed by atoms with Crippen molar-refractivity contribution in [1.82, 2.24) is 20.0 Å². The van der Waals surface area contributed by atoms with Crippen LogP contribution in [0.5, 0.6) is 0 Å². The lowest BCUT2D eigenvalue weighted by molar-refractivity contribution is 0.0558. The van der Waals surface area contributed by atoms with Crippen molar-refractivity contribution in [3.05, 3.63) is 42.1 Å². The zero-order chi connectivity index (χ0) is 17.9. The highest BCUT2D eigenvalue weighted by molar-refractivity contribution is 5.93. The van der Waals surface area contributed by atoms with Crippen LogP contribution in [0.3, 0.4) is 0 Å². The summed E-state index contributed by atoms with van der Waals surface area (Å²) < 4.78 is 0. The number of hydrogen-bond acceptors (Lipinski definition) is 5. The molecule has 0 radical (unpaired) electrons. The topological polar surface area (TPSA) is 81.5 Å². The molecule has 0 unspecified atom stereocenters. The summed E-state index contributed by atoms with van der Waals surface area (Å²) in [6.07, 6.45) is 2.19. The molecule has 3 heterocycles. The van der Waals surface area contributed by atoms with Crippen molar-refractivity contribution in [3.63, 3.8) is 0 Å². The Bertz CT molecular complexity index is 737. The highest BCUT2D eigenvalue weighted by Gasteiger charge is 2.30. The van der Waals surface area contributed by atoms with Crippen molar-refractivity contribution in [2.45, 2.75) is 18.9 Å². The van der Waals surface area contributed by atoms with Gasteiger partial charge in [-0.15, -0.1) is 0 Å². The maximum atomic E-state index is 12.7. The molecular weight excluding hydrogens is 328 g/mol. The first-order chi connectivity index (χ1) is 12.7. The number of aromatic amines is 1. The van der Waals surface area contributed by atoms with E-state index in [1.165, 1.54) is 5.69 Å². The smallest absolute Gasteiger partial charge is 0.271 e. The minimum Gasteiger partial charge on any atom is -0.382 e. The second-order valence-corrected chi connectivity index (χ2v) is 7.11. The van der Waals surface area contributed by atoms with E-state index in [1.54, 1.807) is 6.07 Å². The number of nitrogens with two attached hydrogens (primary N) is 1. The van der Waals surface area contributed by atoms with E-state index >= 15 is 0 Å². The number of hydrogen-bond donors (Lipinski definition) is 2. The maximum Gasteiger partial charge on any atom is 0.271 e. The SMILES string of the molecule is Nc1cc(C(=O)N2CCC[C@@H](N3CCN(c4ccccc4)CC3)C2)[nH]n1. The summed E-state index contributed by atoms with van der Waals surface area (Å²) in [6, 6.07) is 12.6. The van der Waals surface area contributed by atoms with Gasteiger partial charge in [-0.1, -0.05) is 18.2 Å². The number of nitrogen functional groups attached to an aromatic ring is 1. The summed E-state index contributed by atoms with van der Waals surface area (Å²) in [5.41, 5.74) is 7.40. The first kappa shape index (κ1) is 16.9. The molecule has 7 nitrogen and oxygen atoms in total. The second-order valence-electron chi connectivity index (χ2n) is 7.11. The van der Waals surface area contributed by atoms with Crippen molar-refractivity contribution in [2.24, 2.45) is 0 Å². The maximum absolute atomic E-state index is 12.7. The fourth-order valence-corrected chi connectivity index (χ4v) is 4.04. The lowest BCUT2D eigenvalue weighted by atomic mass is 10.0. The van der Waals surface area contributed by atoms with Crippen LogP contribution in [0.1, 0.15) is 23.3 Å². The van der Waals surface area contributed by atoms with Crippen LogP contribution in [-0.2, 0) is 0 Å². The fraction of sp³-hybridized carbons (Fsp3) is 0.474. The molecule has 2 aromatic rings. The molecule has 2 saturated heterocycles. The Kier molecular flexibility index (Phi) is 4.79. The average Bonchev–Trinajstić information content (AvgIpc) is 3.15. The zero-order valence-electron chi connectivity index (χ0n) is 15.0. The molecule has 0 aliphatic carbocycles. The molecule has 1 aromatic carbocycles. The number of carbonyl (C=O) groups is 1. The lowest BCUT2D eigenvalue weighted by Gasteiger charge is -2.43. The summed E-state index contributed by atoms with van der Waals surface area (Å²) in [6.45, 7) is 5.73. The number of H-pyrrole nitrogens is 1. The molecular formula is C19H26N6O. The number of rotatable bonds is 3. The number of piperidine rings is 1. The van der Waals surface area contributed by atoms with Crippen molar-refractivity contribution in [3.8, 4) is 0 Å². The highest BCUT2D eigenvalue weighted by atomic mass is 16.2. The van der Waals surface area contributed by atoms with Gasteiger partial charge in [-0.3, -0.25) is 14.8 Å². The molecule has 2 aliphatic heterocycles. The van der Waals surface area contributed by atoms with Gasteiger partial charge in [0.2, 0.25) is 0 Å². The zero-order valence-corrected chi connectivity index (χ0v) is 15.0. The number of amides is 1. The number of para-hydroxylation sites is 1. The molecule has 4 rings (SSSR count). The van der Waals surface area contributed by atoms with Gasteiger partial charge in [0, 0.05) is 57.1 Å². The van der Waals surface area contributed by atoms with Gasteiger partial charge >= 0.3 is 0 Å². The number of anilines is 2. The molecule has 1 atom stereocenters. The normalized spacial score (nSPS) is 21.8. The molecule has 0 spiro atoms. The van der Waals surface area contributed by atoms with E-state index in [0.717, 1.165) is 52.1 Å². The third-order valence-electron chi connectivity index (χ3n) is 5.46. The average molecular weight is 354 g/mol. The number of aromatic nitrogens is 2. The summed E-state index contributed by atoms with van der Waals surface area (Å²) in [7, 11) is 0. The Balaban J connectivity index is 1.34. The van der Waals surface area contributed by atoms with Gasteiger partial charge in [-0.2, -0.15) is 5.10 Å². The van der Waals surface area contributed by atoms with Crippen molar-refractivity contribution >= 4 is 17.4 Å². The molecule has 138 valence electrons. The molecule has 3 N–H and O–H groups in total. The third kappa shape index (κ3) is 3.53. The molecule has 1 amide bonds.